The molecule has 0 aliphatic rings. The van der Waals surface area contributed by atoms with Gasteiger partial charge in [-0.1, -0.05) is 24.3 Å². The summed E-state index contributed by atoms with van der Waals surface area (Å²) < 4.78 is 0. The maximum absolute atomic E-state index is 12.0. The molecule has 1 aromatic carbocycles. The topological polar surface area (TPSA) is 62.2 Å². The minimum Gasteiger partial charge on any atom is -0.387 e. The summed E-state index contributed by atoms with van der Waals surface area (Å²) in [5.74, 6) is -0.234. The van der Waals surface area contributed by atoms with E-state index in [0.717, 1.165) is 16.2 Å². The molecule has 1 unspecified atom stereocenters. The molecule has 0 bridgehead atoms. The van der Waals surface area contributed by atoms with Gasteiger partial charge in [0.1, 0.15) is 0 Å². The molecule has 0 fully saturated rings. The van der Waals surface area contributed by atoms with Gasteiger partial charge in [0.15, 0.2) is 0 Å². The lowest BCUT2D eigenvalue weighted by Gasteiger charge is -2.14. The van der Waals surface area contributed by atoms with Gasteiger partial charge in [-0.05, 0) is 36.4 Å². The monoisotopic (exact) mass is 302 g/mol. The molecule has 1 heterocycles. The molecule has 1 amide bonds. The van der Waals surface area contributed by atoms with Crippen LogP contribution < -0.4 is 5.32 Å². The molecule has 4 nitrogen and oxygen atoms in total. The van der Waals surface area contributed by atoms with Gasteiger partial charge in [-0.15, -0.1) is 11.8 Å². The molecule has 0 saturated heterocycles. The van der Waals surface area contributed by atoms with Crippen molar-refractivity contribution in [3.63, 3.8) is 0 Å². The highest BCUT2D eigenvalue weighted by Crippen LogP contribution is 2.16. The van der Waals surface area contributed by atoms with Crippen molar-refractivity contribution in [2.45, 2.75) is 18.1 Å². The van der Waals surface area contributed by atoms with E-state index in [1.165, 1.54) is 11.8 Å². The van der Waals surface area contributed by atoms with E-state index < -0.39 is 6.10 Å². The number of aryl methyl sites for hydroxylation is 1. The number of benzene rings is 1. The van der Waals surface area contributed by atoms with E-state index in [1.54, 1.807) is 18.3 Å². The Labute approximate surface area is 128 Å². The van der Waals surface area contributed by atoms with Crippen LogP contribution in [0.5, 0.6) is 0 Å². The van der Waals surface area contributed by atoms with E-state index in [4.69, 9.17) is 0 Å². The van der Waals surface area contributed by atoms with Crippen LogP contribution in [0.4, 0.5) is 0 Å². The zero-order chi connectivity index (χ0) is 15.2. The highest BCUT2D eigenvalue weighted by molar-refractivity contribution is 7.98. The molecule has 1 atom stereocenters. The Morgan fingerprint density at radius 3 is 2.71 bits per heavy atom. The van der Waals surface area contributed by atoms with Crippen molar-refractivity contribution in [3.05, 3.63) is 59.3 Å². The second kappa shape index (κ2) is 7.24. The van der Waals surface area contributed by atoms with Crippen molar-refractivity contribution >= 4 is 17.7 Å². The van der Waals surface area contributed by atoms with Crippen molar-refractivity contribution in [2.75, 3.05) is 12.8 Å². The van der Waals surface area contributed by atoms with Crippen LogP contribution in [0.3, 0.4) is 0 Å². The zero-order valence-electron chi connectivity index (χ0n) is 12.0. The largest absolute Gasteiger partial charge is 0.387 e. The number of carbonyl (C=O) groups excluding carboxylic acids is 1. The first-order chi connectivity index (χ1) is 10.1. The molecule has 0 saturated carbocycles. The van der Waals surface area contributed by atoms with Gasteiger partial charge >= 0.3 is 0 Å². The average molecular weight is 302 g/mol. The Morgan fingerprint density at radius 2 is 2.10 bits per heavy atom. The van der Waals surface area contributed by atoms with Gasteiger partial charge in [-0.3, -0.25) is 4.79 Å². The average Bonchev–Trinajstić information content (AvgIpc) is 2.52. The lowest BCUT2D eigenvalue weighted by Crippen LogP contribution is -2.28. The Bertz CT molecular complexity index is 614. The number of aliphatic hydroxyl groups is 1. The molecule has 110 valence electrons. The van der Waals surface area contributed by atoms with Crippen LogP contribution in [-0.2, 0) is 0 Å². The molecule has 2 aromatic rings. The van der Waals surface area contributed by atoms with Crippen molar-refractivity contribution in [1.82, 2.24) is 10.3 Å². The minimum atomic E-state index is -0.714. The lowest BCUT2D eigenvalue weighted by molar-refractivity contribution is 0.0915. The number of thioether (sulfide) groups is 1. The summed E-state index contributed by atoms with van der Waals surface area (Å²) in [5.41, 5.74) is 2.32. The molecular formula is C16H18N2O2S. The third-order valence-electron chi connectivity index (χ3n) is 3.21. The maximum atomic E-state index is 12.0. The zero-order valence-corrected chi connectivity index (χ0v) is 12.9. The van der Waals surface area contributed by atoms with E-state index >= 15 is 0 Å². The van der Waals surface area contributed by atoms with Gasteiger partial charge in [-0.2, -0.15) is 0 Å². The maximum Gasteiger partial charge on any atom is 0.252 e. The van der Waals surface area contributed by atoms with Gasteiger partial charge < -0.3 is 10.4 Å². The van der Waals surface area contributed by atoms with Crippen LogP contribution in [-0.4, -0.2) is 28.8 Å². The summed E-state index contributed by atoms with van der Waals surface area (Å²) in [7, 11) is 0. The predicted octanol–water partition coefficient (Wildman–Crippen LogP) is 2.58. The van der Waals surface area contributed by atoms with Crippen molar-refractivity contribution < 1.29 is 9.90 Å². The fourth-order valence-corrected chi connectivity index (χ4v) is 2.36. The summed E-state index contributed by atoms with van der Waals surface area (Å²) in [6.45, 7) is 2.11. The molecule has 5 heteroatoms. The molecule has 2 rings (SSSR count). The quantitative estimate of drug-likeness (QED) is 0.833. The minimum absolute atomic E-state index is 0.175. The summed E-state index contributed by atoms with van der Waals surface area (Å²) in [6, 6.07) is 11.1. The number of amides is 1. The molecule has 0 spiro atoms. The first kappa shape index (κ1) is 15.5. The van der Waals surface area contributed by atoms with E-state index in [0.29, 0.717) is 5.56 Å². The van der Waals surface area contributed by atoms with Gasteiger partial charge in [0.2, 0.25) is 0 Å². The third-order valence-corrected chi connectivity index (χ3v) is 3.87. The molecule has 0 radical (unpaired) electrons. The van der Waals surface area contributed by atoms with E-state index in [2.05, 4.69) is 10.3 Å². The standard InChI is InChI=1S/C16H18N2O2S/c1-11-5-3-4-6-13(11)14(19)10-18-16(20)12-7-8-15(21-2)17-9-12/h3-9,14,19H,10H2,1-2H3,(H,18,20). The van der Waals surface area contributed by atoms with Crippen LogP contribution in [0.15, 0.2) is 47.6 Å². The Morgan fingerprint density at radius 1 is 1.33 bits per heavy atom. The fraction of sp³-hybridized carbons (Fsp3) is 0.250. The van der Waals surface area contributed by atoms with Crippen LogP contribution >= 0.6 is 11.8 Å². The Balaban J connectivity index is 1.95. The lowest BCUT2D eigenvalue weighted by atomic mass is 10.0. The van der Waals surface area contributed by atoms with Crippen LogP contribution in [0.1, 0.15) is 27.6 Å². The number of hydrogen-bond acceptors (Lipinski definition) is 4. The van der Waals surface area contributed by atoms with E-state index in [9.17, 15) is 9.90 Å². The van der Waals surface area contributed by atoms with Gasteiger partial charge in [-0.25, -0.2) is 4.98 Å². The molecule has 21 heavy (non-hydrogen) atoms. The summed E-state index contributed by atoms with van der Waals surface area (Å²) >= 11 is 1.52. The summed E-state index contributed by atoms with van der Waals surface area (Å²) in [4.78, 5) is 16.2. The Hall–Kier alpha value is -1.85. The smallest absolute Gasteiger partial charge is 0.252 e. The second-order valence-corrected chi connectivity index (χ2v) is 5.50. The third kappa shape index (κ3) is 4.06. The number of nitrogens with one attached hydrogen (secondary N) is 1. The molecule has 1 aromatic heterocycles. The highest BCUT2D eigenvalue weighted by atomic mass is 32.2. The van der Waals surface area contributed by atoms with Gasteiger partial charge in [0.25, 0.3) is 5.91 Å². The van der Waals surface area contributed by atoms with Crippen molar-refractivity contribution in [3.8, 4) is 0 Å². The highest BCUT2D eigenvalue weighted by Gasteiger charge is 2.12. The SMILES string of the molecule is CSc1ccc(C(=O)NCC(O)c2ccccc2C)cn1. The van der Waals surface area contributed by atoms with Gasteiger partial charge in [0, 0.05) is 12.7 Å². The summed E-state index contributed by atoms with van der Waals surface area (Å²) in [5, 5.41) is 13.7. The van der Waals surface area contributed by atoms with Crippen molar-refractivity contribution in [2.24, 2.45) is 0 Å². The normalized spacial score (nSPS) is 12.0. The molecule has 2 N–H and O–H groups in total. The van der Waals surface area contributed by atoms with E-state index in [1.807, 2.05) is 37.4 Å². The fourth-order valence-electron chi connectivity index (χ4n) is 2.00. The summed E-state index contributed by atoms with van der Waals surface area (Å²) in [6.07, 6.45) is 2.76. The number of carbonyl (C=O) groups is 1. The molecule has 0 aliphatic carbocycles. The number of hydrogen-bond donors (Lipinski definition) is 2. The van der Waals surface area contributed by atoms with Crippen LogP contribution in [0.2, 0.25) is 0 Å². The Kier molecular flexibility index (Phi) is 5.36. The van der Waals surface area contributed by atoms with Gasteiger partial charge in [0.05, 0.1) is 16.7 Å². The predicted molar refractivity (Wildman–Crippen MR) is 84.5 cm³/mol. The van der Waals surface area contributed by atoms with Crippen molar-refractivity contribution in [1.29, 1.82) is 0 Å². The first-order valence-corrected chi connectivity index (χ1v) is 7.86. The van der Waals surface area contributed by atoms with Crippen LogP contribution in [0, 0.1) is 6.92 Å². The van der Waals surface area contributed by atoms with E-state index in [-0.39, 0.29) is 12.5 Å². The molecular weight excluding hydrogens is 284 g/mol. The second-order valence-electron chi connectivity index (χ2n) is 4.67. The number of aromatic nitrogens is 1. The first-order valence-electron chi connectivity index (χ1n) is 6.63. The number of aliphatic hydroxyl groups excluding tert-OH is 1. The molecule has 0 aliphatic heterocycles. The van der Waals surface area contributed by atoms with Crippen LogP contribution in [0.25, 0.3) is 0 Å². The number of nitrogens with zero attached hydrogens (tertiary/aromatic N) is 1. The number of rotatable bonds is 5. The number of pyridine rings is 1.